The smallest absolute Gasteiger partial charge is 0.261 e. The number of nitrogens with one attached hydrogen (secondary N) is 2. The van der Waals surface area contributed by atoms with Gasteiger partial charge in [-0.3, -0.25) is 4.79 Å². The monoisotopic (exact) mass is 252 g/mol. The minimum absolute atomic E-state index is 0.0779. The lowest BCUT2D eigenvalue weighted by atomic mass is 9.91. The fraction of sp³-hybridized carbons (Fsp3) is 0.615. The number of carbonyl (C=O) groups excluding carboxylic acids is 1. The summed E-state index contributed by atoms with van der Waals surface area (Å²) in [5, 5.41) is 6.47. The molecule has 1 unspecified atom stereocenters. The van der Waals surface area contributed by atoms with Gasteiger partial charge in [0.25, 0.3) is 5.91 Å². The Morgan fingerprint density at radius 1 is 1.47 bits per heavy atom. The van der Waals surface area contributed by atoms with E-state index in [9.17, 15) is 4.79 Å². The Bertz CT molecular complexity index is 383. The average Bonchev–Trinajstić information content (AvgIpc) is 2.77. The third-order valence-corrected chi connectivity index (χ3v) is 4.41. The highest BCUT2D eigenvalue weighted by Crippen LogP contribution is 2.18. The van der Waals surface area contributed by atoms with E-state index in [4.69, 9.17) is 0 Å². The molecule has 1 aliphatic heterocycles. The van der Waals surface area contributed by atoms with Gasteiger partial charge in [0.05, 0.1) is 4.88 Å². The van der Waals surface area contributed by atoms with Crippen molar-refractivity contribution in [2.45, 2.75) is 32.7 Å². The van der Waals surface area contributed by atoms with Crippen molar-refractivity contribution < 1.29 is 4.79 Å². The second-order valence-corrected chi connectivity index (χ2v) is 6.05. The maximum atomic E-state index is 12.0. The summed E-state index contributed by atoms with van der Waals surface area (Å²) in [5.41, 5.74) is 0. The van der Waals surface area contributed by atoms with E-state index < -0.39 is 0 Å². The predicted molar refractivity (Wildman–Crippen MR) is 71.6 cm³/mol. The molecule has 1 aliphatic rings. The summed E-state index contributed by atoms with van der Waals surface area (Å²) < 4.78 is 0. The van der Waals surface area contributed by atoms with Gasteiger partial charge in [0.15, 0.2) is 0 Å². The topological polar surface area (TPSA) is 41.1 Å². The molecule has 0 bridgehead atoms. The van der Waals surface area contributed by atoms with E-state index in [0.29, 0.717) is 5.92 Å². The van der Waals surface area contributed by atoms with Crippen LogP contribution in [-0.2, 0) is 0 Å². The van der Waals surface area contributed by atoms with E-state index in [0.717, 1.165) is 30.8 Å². The fourth-order valence-electron chi connectivity index (χ4n) is 2.30. The quantitative estimate of drug-likeness (QED) is 0.865. The van der Waals surface area contributed by atoms with E-state index in [1.54, 1.807) is 11.3 Å². The molecule has 0 aromatic carbocycles. The third-order valence-electron chi connectivity index (χ3n) is 3.41. The van der Waals surface area contributed by atoms with Gasteiger partial charge < -0.3 is 10.6 Å². The first-order valence-corrected chi connectivity index (χ1v) is 7.06. The number of piperidine rings is 1. The molecule has 1 aromatic heterocycles. The Kier molecular flexibility index (Phi) is 4.18. The highest BCUT2D eigenvalue weighted by atomic mass is 32.1. The van der Waals surface area contributed by atoms with Gasteiger partial charge in [-0.05, 0) is 57.8 Å². The van der Waals surface area contributed by atoms with Crippen molar-refractivity contribution in [2.24, 2.45) is 5.92 Å². The third kappa shape index (κ3) is 3.30. The van der Waals surface area contributed by atoms with Gasteiger partial charge in [-0.2, -0.15) is 0 Å². The molecule has 1 atom stereocenters. The first-order chi connectivity index (χ1) is 8.16. The molecule has 3 nitrogen and oxygen atoms in total. The molecule has 4 heteroatoms. The molecular weight excluding hydrogens is 232 g/mol. The van der Waals surface area contributed by atoms with Crippen LogP contribution in [0.25, 0.3) is 0 Å². The summed E-state index contributed by atoms with van der Waals surface area (Å²) >= 11 is 1.56. The summed E-state index contributed by atoms with van der Waals surface area (Å²) in [7, 11) is 0. The van der Waals surface area contributed by atoms with E-state index in [1.165, 1.54) is 4.88 Å². The normalized spacial score (nSPS) is 18.9. The lowest BCUT2D eigenvalue weighted by Gasteiger charge is -2.28. The molecule has 94 valence electrons. The maximum absolute atomic E-state index is 12.0. The summed E-state index contributed by atoms with van der Waals surface area (Å²) in [6.45, 7) is 6.29. The van der Waals surface area contributed by atoms with Crippen LogP contribution < -0.4 is 10.6 Å². The van der Waals surface area contributed by atoms with Crippen LogP contribution in [0.5, 0.6) is 0 Å². The molecule has 0 aliphatic carbocycles. The van der Waals surface area contributed by atoms with Crippen LogP contribution >= 0.6 is 11.3 Å². The fourth-order valence-corrected chi connectivity index (χ4v) is 3.07. The lowest BCUT2D eigenvalue weighted by Crippen LogP contribution is -2.42. The highest BCUT2D eigenvalue weighted by Gasteiger charge is 2.21. The van der Waals surface area contributed by atoms with Crippen molar-refractivity contribution >= 4 is 17.2 Å². The van der Waals surface area contributed by atoms with Crippen LogP contribution in [0.4, 0.5) is 0 Å². The van der Waals surface area contributed by atoms with Crippen molar-refractivity contribution in [1.29, 1.82) is 0 Å². The molecule has 2 rings (SSSR count). The van der Waals surface area contributed by atoms with E-state index in [2.05, 4.69) is 17.6 Å². The Labute approximate surface area is 107 Å². The molecule has 0 spiro atoms. The predicted octanol–water partition coefficient (Wildman–Crippen LogP) is 2.17. The van der Waals surface area contributed by atoms with Crippen molar-refractivity contribution in [2.75, 3.05) is 13.1 Å². The number of hydrogen-bond acceptors (Lipinski definition) is 3. The Hall–Kier alpha value is -0.870. The first-order valence-electron chi connectivity index (χ1n) is 6.25. The number of amides is 1. The van der Waals surface area contributed by atoms with Crippen LogP contribution in [0, 0.1) is 12.8 Å². The van der Waals surface area contributed by atoms with E-state index in [-0.39, 0.29) is 11.9 Å². The van der Waals surface area contributed by atoms with Crippen molar-refractivity contribution in [3.63, 3.8) is 0 Å². The zero-order valence-corrected chi connectivity index (χ0v) is 11.3. The van der Waals surface area contributed by atoms with Crippen LogP contribution in [0.15, 0.2) is 12.1 Å². The lowest BCUT2D eigenvalue weighted by molar-refractivity contribution is 0.0925. The number of rotatable bonds is 3. The van der Waals surface area contributed by atoms with Gasteiger partial charge in [-0.15, -0.1) is 11.3 Å². The largest absolute Gasteiger partial charge is 0.349 e. The van der Waals surface area contributed by atoms with Crippen LogP contribution in [0.2, 0.25) is 0 Å². The Morgan fingerprint density at radius 3 is 2.76 bits per heavy atom. The van der Waals surface area contributed by atoms with Gasteiger partial charge in [0.2, 0.25) is 0 Å². The number of thiophene rings is 1. The van der Waals surface area contributed by atoms with Crippen LogP contribution in [-0.4, -0.2) is 25.0 Å². The molecule has 2 heterocycles. The summed E-state index contributed by atoms with van der Waals surface area (Å²) in [5.74, 6) is 0.690. The zero-order chi connectivity index (χ0) is 12.3. The second-order valence-electron chi connectivity index (χ2n) is 4.76. The van der Waals surface area contributed by atoms with Gasteiger partial charge in [0.1, 0.15) is 0 Å². The second kappa shape index (κ2) is 5.65. The number of carbonyl (C=O) groups is 1. The number of aryl methyl sites for hydroxylation is 1. The van der Waals surface area contributed by atoms with Crippen molar-refractivity contribution in [3.05, 3.63) is 21.9 Å². The van der Waals surface area contributed by atoms with Crippen molar-refractivity contribution in [1.82, 2.24) is 10.6 Å². The standard InChI is InChI=1S/C13H20N2OS/c1-9-3-4-12(17-9)13(16)15-10(2)11-5-7-14-8-6-11/h3-4,10-11,14H,5-8H2,1-2H3,(H,15,16). The molecule has 0 radical (unpaired) electrons. The molecule has 1 fully saturated rings. The van der Waals surface area contributed by atoms with Gasteiger partial charge >= 0.3 is 0 Å². The molecule has 1 saturated heterocycles. The number of hydrogen-bond donors (Lipinski definition) is 2. The van der Waals surface area contributed by atoms with Crippen LogP contribution in [0.1, 0.15) is 34.3 Å². The van der Waals surface area contributed by atoms with E-state index in [1.807, 2.05) is 19.1 Å². The van der Waals surface area contributed by atoms with Gasteiger partial charge in [0, 0.05) is 10.9 Å². The van der Waals surface area contributed by atoms with Crippen molar-refractivity contribution in [3.8, 4) is 0 Å². The van der Waals surface area contributed by atoms with Crippen LogP contribution in [0.3, 0.4) is 0 Å². The Balaban J connectivity index is 1.89. The molecule has 2 N–H and O–H groups in total. The minimum Gasteiger partial charge on any atom is -0.349 e. The first kappa shape index (κ1) is 12.6. The summed E-state index contributed by atoms with van der Waals surface area (Å²) in [6, 6.07) is 4.17. The highest BCUT2D eigenvalue weighted by molar-refractivity contribution is 7.13. The maximum Gasteiger partial charge on any atom is 0.261 e. The molecule has 1 aromatic rings. The molecular formula is C13H20N2OS. The average molecular weight is 252 g/mol. The Morgan fingerprint density at radius 2 is 2.18 bits per heavy atom. The SMILES string of the molecule is Cc1ccc(C(=O)NC(C)C2CCNCC2)s1. The summed E-state index contributed by atoms with van der Waals surface area (Å²) in [6.07, 6.45) is 2.32. The summed E-state index contributed by atoms with van der Waals surface area (Å²) in [4.78, 5) is 14.0. The minimum atomic E-state index is 0.0779. The molecule has 17 heavy (non-hydrogen) atoms. The zero-order valence-electron chi connectivity index (χ0n) is 10.5. The van der Waals surface area contributed by atoms with Gasteiger partial charge in [-0.1, -0.05) is 0 Å². The van der Waals surface area contributed by atoms with Gasteiger partial charge in [-0.25, -0.2) is 0 Å². The molecule has 0 saturated carbocycles. The van der Waals surface area contributed by atoms with E-state index >= 15 is 0 Å². The molecule has 1 amide bonds.